The molecule has 0 atom stereocenters. The quantitative estimate of drug-likeness (QED) is 0.604. The smallest absolute Gasteiger partial charge is 0.312 e. The van der Waals surface area contributed by atoms with Gasteiger partial charge < -0.3 is 5.11 Å². The molecule has 0 bridgehead atoms. The number of sulfonamides is 1. The van der Waals surface area contributed by atoms with Crippen molar-refractivity contribution in [2.75, 3.05) is 4.72 Å². The number of hydrogen-bond donors (Lipinski definition) is 2. The first-order valence-electron chi connectivity index (χ1n) is 5.04. The van der Waals surface area contributed by atoms with Crippen molar-refractivity contribution in [1.82, 2.24) is 15.2 Å². The molecule has 20 heavy (non-hydrogen) atoms. The Hall–Kier alpha value is -2.82. The number of nitrogens with one attached hydrogen (secondary N) is 1. The highest BCUT2D eigenvalue weighted by Gasteiger charge is 2.22. The second kappa shape index (κ2) is 5.05. The van der Waals surface area contributed by atoms with Gasteiger partial charge in [-0.1, -0.05) is 0 Å². The van der Waals surface area contributed by atoms with Crippen LogP contribution in [0.4, 0.5) is 11.6 Å². The summed E-state index contributed by atoms with van der Waals surface area (Å²) in [5, 5.41) is 26.8. The van der Waals surface area contributed by atoms with E-state index >= 15 is 0 Å². The maximum atomic E-state index is 12.0. The van der Waals surface area contributed by atoms with Crippen molar-refractivity contribution in [1.29, 1.82) is 0 Å². The van der Waals surface area contributed by atoms with Gasteiger partial charge in [-0.15, -0.1) is 5.10 Å². The summed E-state index contributed by atoms with van der Waals surface area (Å²) in [5.41, 5.74) is -0.722. The van der Waals surface area contributed by atoms with Crippen molar-refractivity contribution in [3.63, 3.8) is 0 Å². The van der Waals surface area contributed by atoms with Crippen LogP contribution in [0.1, 0.15) is 0 Å². The van der Waals surface area contributed by atoms with Crippen molar-refractivity contribution in [2.45, 2.75) is 4.90 Å². The average molecular weight is 297 g/mol. The molecule has 11 heteroatoms. The molecule has 1 heterocycles. The average Bonchev–Trinajstić information content (AvgIpc) is 2.39. The molecule has 0 fully saturated rings. The second-order valence-electron chi connectivity index (χ2n) is 3.48. The summed E-state index contributed by atoms with van der Waals surface area (Å²) in [5.74, 6) is -0.908. The fourth-order valence-electron chi connectivity index (χ4n) is 1.29. The van der Waals surface area contributed by atoms with E-state index in [4.69, 9.17) is 0 Å². The van der Waals surface area contributed by atoms with E-state index in [1.54, 1.807) is 0 Å². The molecule has 104 valence electrons. The standard InChI is InChI=1S/C9H7N5O5S/c15-8-2-1-6(5-7(8)14(16)17)20(18,19)13-9-10-3-4-11-12-9/h1-5,15H,(H,10,12,13). The molecule has 10 nitrogen and oxygen atoms in total. The molecule has 1 aromatic carbocycles. The van der Waals surface area contributed by atoms with Crippen LogP contribution in [0.5, 0.6) is 5.75 Å². The van der Waals surface area contributed by atoms with Gasteiger partial charge in [0, 0.05) is 6.07 Å². The van der Waals surface area contributed by atoms with Crippen molar-refractivity contribution in [3.05, 3.63) is 40.7 Å². The number of rotatable bonds is 4. The Morgan fingerprint density at radius 1 is 1.30 bits per heavy atom. The first-order valence-corrected chi connectivity index (χ1v) is 6.52. The Bertz CT molecular complexity index is 749. The summed E-state index contributed by atoms with van der Waals surface area (Å²) in [6, 6.07) is 2.66. The maximum Gasteiger partial charge on any atom is 0.312 e. The van der Waals surface area contributed by atoms with Crippen LogP contribution in [0.25, 0.3) is 0 Å². The van der Waals surface area contributed by atoms with Crippen LogP contribution in [-0.4, -0.2) is 33.6 Å². The number of nitrogens with zero attached hydrogens (tertiary/aromatic N) is 4. The fourth-order valence-corrected chi connectivity index (χ4v) is 2.26. The van der Waals surface area contributed by atoms with E-state index in [1.165, 1.54) is 12.4 Å². The summed E-state index contributed by atoms with van der Waals surface area (Å²) in [6.07, 6.45) is 2.48. The van der Waals surface area contributed by atoms with E-state index in [9.17, 15) is 23.6 Å². The Balaban J connectivity index is 2.40. The zero-order chi connectivity index (χ0) is 14.8. The lowest BCUT2D eigenvalue weighted by Crippen LogP contribution is -2.15. The van der Waals surface area contributed by atoms with E-state index in [0.29, 0.717) is 0 Å². The van der Waals surface area contributed by atoms with E-state index in [0.717, 1.165) is 18.2 Å². The number of benzene rings is 1. The third-order valence-corrected chi connectivity index (χ3v) is 3.49. The second-order valence-corrected chi connectivity index (χ2v) is 5.16. The molecule has 0 spiro atoms. The molecule has 0 aliphatic heterocycles. The van der Waals surface area contributed by atoms with E-state index < -0.39 is 31.3 Å². The molecule has 1 aromatic heterocycles. The molecule has 0 radical (unpaired) electrons. The molecule has 2 rings (SSSR count). The summed E-state index contributed by atoms with van der Waals surface area (Å²) < 4.78 is 25.9. The minimum absolute atomic E-state index is 0.275. The van der Waals surface area contributed by atoms with Crippen LogP contribution in [-0.2, 0) is 10.0 Å². The number of nitro benzene ring substituents is 1. The Labute approximate surface area is 112 Å². The lowest BCUT2D eigenvalue weighted by Gasteiger charge is -2.05. The molecule has 0 aliphatic rings. The Morgan fingerprint density at radius 2 is 2.05 bits per heavy atom. The van der Waals surface area contributed by atoms with Gasteiger partial charge in [0.15, 0.2) is 5.75 Å². The van der Waals surface area contributed by atoms with Crippen molar-refractivity contribution in [3.8, 4) is 5.75 Å². The maximum absolute atomic E-state index is 12.0. The summed E-state index contributed by atoms with van der Waals surface area (Å²) in [4.78, 5) is 13.0. The van der Waals surface area contributed by atoms with Gasteiger partial charge >= 0.3 is 5.69 Å². The lowest BCUT2D eigenvalue weighted by atomic mass is 10.3. The van der Waals surface area contributed by atoms with Gasteiger partial charge in [-0.3, -0.25) is 10.1 Å². The van der Waals surface area contributed by atoms with Gasteiger partial charge in [-0.05, 0) is 12.1 Å². The number of aromatic nitrogens is 3. The van der Waals surface area contributed by atoms with Crippen molar-refractivity contribution in [2.24, 2.45) is 0 Å². The van der Waals surface area contributed by atoms with Gasteiger partial charge in [0.25, 0.3) is 16.0 Å². The van der Waals surface area contributed by atoms with Gasteiger partial charge in [0.2, 0.25) is 0 Å². The van der Waals surface area contributed by atoms with Crippen molar-refractivity contribution >= 4 is 21.7 Å². The largest absolute Gasteiger partial charge is 0.502 e. The third kappa shape index (κ3) is 2.77. The van der Waals surface area contributed by atoms with Crippen LogP contribution in [0.2, 0.25) is 0 Å². The molecule has 2 N–H and O–H groups in total. The zero-order valence-corrected chi connectivity index (χ0v) is 10.5. The van der Waals surface area contributed by atoms with Crippen LogP contribution >= 0.6 is 0 Å². The van der Waals surface area contributed by atoms with Crippen LogP contribution in [0.15, 0.2) is 35.5 Å². The highest BCUT2D eigenvalue weighted by Crippen LogP contribution is 2.28. The monoisotopic (exact) mass is 297 g/mol. The number of nitro groups is 1. The van der Waals surface area contributed by atoms with Gasteiger partial charge in [-0.2, -0.15) is 5.10 Å². The van der Waals surface area contributed by atoms with Gasteiger partial charge in [0.05, 0.1) is 22.2 Å². The van der Waals surface area contributed by atoms with Crippen molar-refractivity contribution < 1.29 is 18.4 Å². The van der Waals surface area contributed by atoms with E-state index in [2.05, 4.69) is 15.2 Å². The first kappa shape index (κ1) is 13.6. The summed E-state index contributed by atoms with van der Waals surface area (Å²) in [6.45, 7) is 0. The molecule has 0 unspecified atom stereocenters. The molecular formula is C9H7N5O5S. The van der Waals surface area contributed by atoms with Crippen LogP contribution in [0, 0.1) is 10.1 Å². The van der Waals surface area contributed by atoms with Gasteiger partial charge in [-0.25, -0.2) is 18.1 Å². The highest BCUT2D eigenvalue weighted by molar-refractivity contribution is 7.92. The Kier molecular flexibility index (Phi) is 3.43. The number of phenolic OH excluding ortho intramolecular Hbond substituents is 1. The SMILES string of the molecule is O=[N+]([O-])c1cc(S(=O)(=O)Nc2nccnn2)ccc1O. The van der Waals surface area contributed by atoms with E-state index in [-0.39, 0.29) is 5.95 Å². The number of phenols is 1. The lowest BCUT2D eigenvalue weighted by molar-refractivity contribution is -0.386. The first-order chi connectivity index (χ1) is 9.40. The minimum atomic E-state index is -4.12. The van der Waals surface area contributed by atoms with Crippen LogP contribution in [0.3, 0.4) is 0 Å². The summed E-state index contributed by atoms with van der Waals surface area (Å²) >= 11 is 0. The predicted octanol–water partition coefficient (Wildman–Crippen LogP) is 0.286. The molecular weight excluding hydrogens is 290 g/mol. The minimum Gasteiger partial charge on any atom is -0.502 e. The fraction of sp³-hybridized carbons (Fsp3) is 0. The Morgan fingerprint density at radius 3 is 2.65 bits per heavy atom. The topological polar surface area (TPSA) is 148 Å². The molecule has 0 saturated heterocycles. The summed E-state index contributed by atoms with van der Waals surface area (Å²) in [7, 11) is -4.12. The third-order valence-electron chi connectivity index (χ3n) is 2.16. The van der Waals surface area contributed by atoms with Gasteiger partial charge in [0.1, 0.15) is 0 Å². The number of hydrogen-bond acceptors (Lipinski definition) is 8. The molecule has 2 aromatic rings. The van der Waals surface area contributed by atoms with Crippen LogP contribution < -0.4 is 4.72 Å². The molecule has 0 aliphatic carbocycles. The molecule has 0 amide bonds. The zero-order valence-electron chi connectivity index (χ0n) is 9.66. The highest BCUT2D eigenvalue weighted by atomic mass is 32.2. The molecule has 0 saturated carbocycles. The normalized spacial score (nSPS) is 11.0. The number of aromatic hydroxyl groups is 1. The van der Waals surface area contributed by atoms with E-state index in [1.807, 2.05) is 4.72 Å². The predicted molar refractivity (Wildman–Crippen MR) is 65.4 cm³/mol. The number of anilines is 1.